The predicted octanol–water partition coefficient (Wildman–Crippen LogP) is 3.39. The molecule has 2 atom stereocenters. The third-order valence-electron chi connectivity index (χ3n) is 3.94. The quantitative estimate of drug-likeness (QED) is 0.903. The summed E-state index contributed by atoms with van der Waals surface area (Å²) in [7, 11) is 0. The van der Waals surface area contributed by atoms with Gasteiger partial charge in [0, 0.05) is 11.6 Å². The molecule has 1 aliphatic rings. The molecular formula is C16H23ClN2O. The fourth-order valence-corrected chi connectivity index (χ4v) is 3.07. The predicted molar refractivity (Wildman–Crippen MR) is 82.9 cm³/mol. The zero-order chi connectivity index (χ0) is 14.5. The van der Waals surface area contributed by atoms with E-state index in [4.69, 9.17) is 11.6 Å². The third-order valence-corrected chi connectivity index (χ3v) is 4.28. The van der Waals surface area contributed by atoms with Crippen LogP contribution in [0.25, 0.3) is 0 Å². The van der Waals surface area contributed by atoms with Crippen molar-refractivity contribution >= 4 is 17.5 Å². The van der Waals surface area contributed by atoms with Crippen LogP contribution in [-0.2, 0) is 4.79 Å². The summed E-state index contributed by atoms with van der Waals surface area (Å²) in [6.45, 7) is 5.88. The third kappa shape index (κ3) is 3.33. The van der Waals surface area contributed by atoms with E-state index >= 15 is 0 Å². The van der Waals surface area contributed by atoms with Crippen LogP contribution in [0.4, 0.5) is 0 Å². The fraction of sp³-hybridized carbons (Fsp3) is 0.562. The summed E-state index contributed by atoms with van der Waals surface area (Å²) >= 11 is 6.25. The molecule has 0 spiro atoms. The van der Waals surface area contributed by atoms with Gasteiger partial charge in [0.15, 0.2) is 0 Å². The van der Waals surface area contributed by atoms with Crippen molar-refractivity contribution in [2.45, 2.75) is 45.2 Å². The van der Waals surface area contributed by atoms with E-state index in [2.05, 4.69) is 19.2 Å². The largest absolute Gasteiger partial charge is 0.335 e. The van der Waals surface area contributed by atoms with Crippen molar-refractivity contribution in [1.29, 1.82) is 0 Å². The first-order valence-electron chi connectivity index (χ1n) is 7.43. The highest BCUT2D eigenvalue weighted by atomic mass is 35.5. The summed E-state index contributed by atoms with van der Waals surface area (Å²) in [5.41, 5.74) is 1.03. The Bertz CT molecular complexity index is 464. The summed E-state index contributed by atoms with van der Waals surface area (Å²) in [6, 6.07) is 7.77. The Morgan fingerprint density at radius 2 is 2.20 bits per heavy atom. The molecule has 1 aliphatic heterocycles. The molecular weight excluding hydrogens is 272 g/mol. The maximum Gasteiger partial charge on any atom is 0.240 e. The maximum atomic E-state index is 12.6. The highest BCUT2D eigenvalue weighted by Crippen LogP contribution is 2.29. The molecule has 1 aromatic rings. The average Bonchev–Trinajstić information content (AvgIpc) is 2.46. The number of nitrogens with zero attached hydrogens (tertiary/aromatic N) is 1. The SMILES string of the molecule is CCCNC1CCCN(C(C)c2ccccc2Cl)C1=O. The smallest absolute Gasteiger partial charge is 0.240 e. The molecule has 1 heterocycles. The number of carbonyl (C=O) groups excluding carboxylic acids is 1. The summed E-state index contributed by atoms with van der Waals surface area (Å²) in [6.07, 6.45) is 3.02. The Morgan fingerprint density at radius 3 is 2.90 bits per heavy atom. The van der Waals surface area contributed by atoms with Crippen LogP contribution in [0.2, 0.25) is 5.02 Å². The van der Waals surface area contributed by atoms with Gasteiger partial charge in [0.05, 0.1) is 12.1 Å². The van der Waals surface area contributed by atoms with Crippen molar-refractivity contribution in [3.63, 3.8) is 0 Å². The van der Waals surface area contributed by atoms with Crippen molar-refractivity contribution in [3.05, 3.63) is 34.9 Å². The second-order valence-corrected chi connectivity index (χ2v) is 5.79. The lowest BCUT2D eigenvalue weighted by Crippen LogP contribution is -2.51. The van der Waals surface area contributed by atoms with E-state index < -0.39 is 0 Å². The van der Waals surface area contributed by atoms with Crippen molar-refractivity contribution < 1.29 is 4.79 Å². The summed E-state index contributed by atoms with van der Waals surface area (Å²) in [5, 5.41) is 4.08. The standard InChI is InChI=1S/C16H23ClN2O/c1-3-10-18-15-9-6-11-19(16(15)20)12(2)13-7-4-5-8-14(13)17/h4-5,7-8,12,15,18H,3,6,9-11H2,1-2H3. The van der Waals surface area contributed by atoms with Crippen molar-refractivity contribution in [3.8, 4) is 0 Å². The van der Waals surface area contributed by atoms with Crippen LogP contribution in [0.5, 0.6) is 0 Å². The molecule has 2 rings (SSSR count). The van der Waals surface area contributed by atoms with Gasteiger partial charge in [0.1, 0.15) is 0 Å². The Morgan fingerprint density at radius 1 is 1.45 bits per heavy atom. The molecule has 0 aromatic heterocycles. The Labute approximate surface area is 126 Å². The van der Waals surface area contributed by atoms with E-state index in [0.717, 1.165) is 42.9 Å². The van der Waals surface area contributed by atoms with Gasteiger partial charge in [-0.05, 0) is 44.4 Å². The number of nitrogens with one attached hydrogen (secondary N) is 1. The van der Waals surface area contributed by atoms with E-state index in [-0.39, 0.29) is 18.0 Å². The minimum atomic E-state index is -0.0337. The summed E-state index contributed by atoms with van der Waals surface area (Å²) < 4.78 is 0. The molecule has 1 fully saturated rings. The number of hydrogen-bond acceptors (Lipinski definition) is 2. The van der Waals surface area contributed by atoms with Crippen LogP contribution in [0.3, 0.4) is 0 Å². The number of carbonyl (C=O) groups is 1. The molecule has 2 unspecified atom stereocenters. The van der Waals surface area contributed by atoms with E-state index in [1.165, 1.54) is 0 Å². The van der Waals surface area contributed by atoms with E-state index in [1.807, 2.05) is 29.2 Å². The fourth-order valence-electron chi connectivity index (χ4n) is 2.77. The Balaban J connectivity index is 2.11. The van der Waals surface area contributed by atoms with Crippen LogP contribution >= 0.6 is 11.6 Å². The number of benzene rings is 1. The van der Waals surface area contributed by atoms with Gasteiger partial charge in [-0.3, -0.25) is 4.79 Å². The van der Waals surface area contributed by atoms with E-state index in [1.54, 1.807) is 0 Å². The van der Waals surface area contributed by atoms with Crippen molar-refractivity contribution in [1.82, 2.24) is 10.2 Å². The van der Waals surface area contributed by atoms with Gasteiger partial charge >= 0.3 is 0 Å². The van der Waals surface area contributed by atoms with Gasteiger partial charge in [0.25, 0.3) is 0 Å². The first-order chi connectivity index (χ1) is 9.65. The number of hydrogen-bond donors (Lipinski definition) is 1. The molecule has 0 aliphatic carbocycles. The molecule has 0 bridgehead atoms. The Kier molecular flexibility index (Phi) is 5.44. The number of amides is 1. The molecule has 20 heavy (non-hydrogen) atoms. The Hall–Kier alpha value is -1.06. The highest BCUT2D eigenvalue weighted by molar-refractivity contribution is 6.31. The molecule has 1 N–H and O–H groups in total. The van der Waals surface area contributed by atoms with Crippen LogP contribution in [0.15, 0.2) is 24.3 Å². The second kappa shape index (κ2) is 7.09. The van der Waals surface area contributed by atoms with Crippen molar-refractivity contribution in [2.75, 3.05) is 13.1 Å². The van der Waals surface area contributed by atoms with Gasteiger partial charge in [-0.15, -0.1) is 0 Å². The monoisotopic (exact) mass is 294 g/mol. The van der Waals surface area contributed by atoms with Gasteiger partial charge in [-0.2, -0.15) is 0 Å². The highest BCUT2D eigenvalue weighted by Gasteiger charge is 2.32. The zero-order valence-electron chi connectivity index (χ0n) is 12.2. The summed E-state index contributed by atoms with van der Waals surface area (Å²) in [5.74, 6) is 0.206. The van der Waals surface area contributed by atoms with Gasteiger partial charge < -0.3 is 10.2 Å². The molecule has 4 heteroatoms. The van der Waals surface area contributed by atoms with Crippen LogP contribution < -0.4 is 5.32 Å². The minimum Gasteiger partial charge on any atom is -0.335 e. The minimum absolute atomic E-state index is 0.0300. The lowest BCUT2D eigenvalue weighted by molar-refractivity contribution is -0.138. The topological polar surface area (TPSA) is 32.3 Å². The molecule has 110 valence electrons. The van der Waals surface area contributed by atoms with Gasteiger partial charge in [-0.25, -0.2) is 0 Å². The molecule has 0 radical (unpaired) electrons. The van der Waals surface area contributed by atoms with E-state index in [0.29, 0.717) is 0 Å². The lowest BCUT2D eigenvalue weighted by Gasteiger charge is -2.37. The maximum absolute atomic E-state index is 12.6. The summed E-state index contributed by atoms with van der Waals surface area (Å²) in [4.78, 5) is 14.5. The van der Waals surface area contributed by atoms with Crippen LogP contribution in [-0.4, -0.2) is 29.9 Å². The van der Waals surface area contributed by atoms with Crippen LogP contribution in [0, 0.1) is 0 Å². The van der Waals surface area contributed by atoms with Crippen LogP contribution in [0.1, 0.15) is 44.7 Å². The number of rotatable bonds is 5. The number of piperidine rings is 1. The first-order valence-corrected chi connectivity index (χ1v) is 7.81. The molecule has 0 saturated carbocycles. The van der Waals surface area contributed by atoms with Gasteiger partial charge in [0.2, 0.25) is 5.91 Å². The lowest BCUT2D eigenvalue weighted by atomic mass is 9.99. The second-order valence-electron chi connectivity index (χ2n) is 5.38. The number of likely N-dealkylation sites (tertiary alicyclic amines) is 1. The number of halogens is 1. The first kappa shape index (κ1) is 15.3. The van der Waals surface area contributed by atoms with Gasteiger partial charge in [-0.1, -0.05) is 36.7 Å². The molecule has 1 saturated heterocycles. The molecule has 3 nitrogen and oxygen atoms in total. The normalized spacial score (nSPS) is 21.1. The van der Waals surface area contributed by atoms with E-state index in [9.17, 15) is 4.79 Å². The molecule has 1 aromatic carbocycles. The van der Waals surface area contributed by atoms with Crippen molar-refractivity contribution in [2.24, 2.45) is 0 Å². The molecule has 1 amide bonds. The average molecular weight is 295 g/mol. The zero-order valence-corrected chi connectivity index (χ0v) is 13.0.